The third-order valence-electron chi connectivity index (χ3n) is 3.25. The fraction of sp³-hybridized carbons (Fsp3) is 0.385. The highest BCUT2D eigenvalue weighted by Crippen LogP contribution is 2.29. The van der Waals surface area contributed by atoms with E-state index in [9.17, 15) is 5.11 Å². The van der Waals surface area contributed by atoms with E-state index in [1.54, 1.807) is 12.1 Å². The van der Waals surface area contributed by atoms with Crippen LogP contribution in [-0.2, 0) is 0 Å². The zero-order valence-corrected chi connectivity index (χ0v) is 11.1. The Balaban J connectivity index is 1.85. The second kappa shape index (κ2) is 5.09. The van der Waals surface area contributed by atoms with Gasteiger partial charge in [0, 0.05) is 18.7 Å². The molecule has 0 saturated carbocycles. The molecule has 5 nitrogen and oxygen atoms in total. The first-order chi connectivity index (χ1) is 9.24. The van der Waals surface area contributed by atoms with Crippen LogP contribution in [0, 0.1) is 0 Å². The van der Waals surface area contributed by atoms with Gasteiger partial charge in [0.05, 0.1) is 5.02 Å². The largest absolute Gasteiger partial charge is 0.506 e. The molecule has 0 radical (unpaired) electrons. The molecule has 1 aromatic heterocycles. The molecule has 1 N–H and O–H groups in total. The number of halogens is 1. The van der Waals surface area contributed by atoms with E-state index < -0.39 is 0 Å². The van der Waals surface area contributed by atoms with Crippen LogP contribution in [0.4, 0.5) is 5.95 Å². The minimum Gasteiger partial charge on any atom is -0.506 e. The standard InChI is InChI=1S/C13H14ClN3O2/c14-10-8-9(4-5-11(10)18)12-15-13(16-19-12)17-6-2-1-3-7-17/h4-5,8,18H,1-3,6-7H2. The number of phenols is 1. The lowest BCUT2D eigenvalue weighted by Gasteiger charge is -2.24. The summed E-state index contributed by atoms with van der Waals surface area (Å²) in [6, 6.07) is 4.83. The van der Waals surface area contributed by atoms with Gasteiger partial charge < -0.3 is 14.5 Å². The van der Waals surface area contributed by atoms with Crippen molar-refractivity contribution >= 4 is 17.5 Å². The van der Waals surface area contributed by atoms with Gasteiger partial charge in [0.2, 0.25) is 0 Å². The molecule has 100 valence electrons. The molecular formula is C13H14ClN3O2. The van der Waals surface area contributed by atoms with Gasteiger partial charge in [0.1, 0.15) is 5.75 Å². The smallest absolute Gasteiger partial charge is 0.266 e. The fourth-order valence-corrected chi connectivity index (χ4v) is 2.38. The maximum atomic E-state index is 9.39. The van der Waals surface area contributed by atoms with E-state index in [0.29, 0.717) is 17.4 Å². The van der Waals surface area contributed by atoms with Crippen LogP contribution in [-0.4, -0.2) is 28.3 Å². The van der Waals surface area contributed by atoms with E-state index in [4.69, 9.17) is 16.1 Å². The van der Waals surface area contributed by atoms with Crippen molar-refractivity contribution in [3.05, 3.63) is 23.2 Å². The Labute approximate surface area is 115 Å². The van der Waals surface area contributed by atoms with Gasteiger partial charge in [-0.05, 0) is 42.6 Å². The Morgan fingerprint density at radius 1 is 1.21 bits per heavy atom. The summed E-state index contributed by atoms with van der Waals surface area (Å²) in [5, 5.41) is 13.7. The molecule has 0 amide bonds. The number of anilines is 1. The number of nitrogens with zero attached hydrogens (tertiary/aromatic N) is 3. The van der Waals surface area contributed by atoms with Crippen LogP contribution < -0.4 is 4.90 Å². The summed E-state index contributed by atoms with van der Waals surface area (Å²) in [5.74, 6) is 1.09. The summed E-state index contributed by atoms with van der Waals surface area (Å²) in [4.78, 5) is 6.51. The molecule has 1 aromatic carbocycles. The van der Waals surface area contributed by atoms with Crippen LogP contribution in [0.2, 0.25) is 5.02 Å². The SMILES string of the molecule is Oc1ccc(-c2nc(N3CCCCC3)no2)cc1Cl. The summed E-state index contributed by atoms with van der Waals surface area (Å²) in [6.45, 7) is 1.94. The number of rotatable bonds is 2. The molecule has 19 heavy (non-hydrogen) atoms. The van der Waals surface area contributed by atoms with Crippen LogP contribution in [0.3, 0.4) is 0 Å². The van der Waals surface area contributed by atoms with Crippen LogP contribution >= 0.6 is 11.6 Å². The number of hydrogen-bond acceptors (Lipinski definition) is 5. The van der Waals surface area contributed by atoms with Crippen molar-refractivity contribution in [2.45, 2.75) is 19.3 Å². The van der Waals surface area contributed by atoms with E-state index >= 15 is 0 Å². The predicted octanol–water partition coefficient (Wildman–Crippen LogP) is 3.09. The molecule has 2 aromatic rings. The minimum absolute atomic E-state index is 0.0428. The Bertz CT molecular complexity index is 579. The summed E-state index contributed by atoms with van der Waals surface area (Å²) in [5.41, 5.74) is 0.707. The topological polar surface area (TPSA) is 62.4 Å². The van der Waals surface area contributed by atoms with Crippen molar-refractivity contribution in [1.29, 1.82) is 0 Å². The zero-order valence-electron chi connectivity index (χ0n) is 10.3. The number of aromatic nitrogens is 2. The number of aromatic hydroxyl groups is 1. The van der Waals surface area contributed by atoms with E-state index in [0.717, 1.165) is 25.9 Å². The Hall–Kier alpha value is -1.75. The zero-order chi connectivity index (χ0) is 13.2. The minimum atomic E-state index is 0.0428. The fourth-order valence-electron chi connectivity index (χ4n) is 2.20. The van der Waals surface area contributed by atoms with E-state index in [1.165, 1.54) is 12.5 Å². The van der Waals surface area contributed by atoms with Crippen molar-refractivity contribution in [2.24, 2.45) is 0 Å². The highest BCUT2D eigenvalue weighted by molar-refractivity contribution is 6.32. The van der Waals surface area contributed by atoms with Gasteiger partial charge >= 0.3 is 0 Å². The quantitative estimate of drug-likeness (QED) is 0.915. The molecule has 1 aliphatic heterocycles. The molecule has 0 atom stereocenters. The van der Waals surface area contributed by atoms with Crippen molar-refractivity contribution in [1.82, 2.24) is 10.1 Å². The Kier molecular flexibility index (Phi) is 3.29. The maximum absolute atomic E-state index is 9.39. The van der Waals surface area contributed by atoms with Gasteiger partial charge in [-0.3, -0.25) is 0 Å². The van der Waals surface area contributed by atoms with Crippen LogP contribution in [0.25, 0.3) is 11.5 Å². The summed E-state index contributed by atoms with van der Waals surface area (Å²) in [7, 11) is 0. The molecule has 0 aliphatic carbocycles. The number of hydrogen-bond donors (Lipinski definition) is 1. The summed E-state index contributed by atoms with van der Waals surface area (Å²) in [6.07, 6.45) is 3.58. The third kappa shape index (κ3) is 2.51. The highest BCUT2D eigenvalue weighted by Gasteiger charge is 2.17. The lowest BCUT2D eigenvalue weighted by Crippen LogP contribution is -2.30. The lowest BCUT2D eigenvalue weighted by atomic mass is 10.1. The van der Waals surface area contributed by atoms with Gasteiger partial charge in [0.15, 0.2) is 0 Å². The van der Waals surface area contributed by atoms with Crippen molar-refractivity contribution < 1.29 is 9.63 Å². The first-order valence-electron chi connectivity index (χ1n) is 6.31. The van der Waals surface area contributed by atoms with Gasteiger partial charge in [-0.2, -0.15) is 4.98 Å². The molecule has 3 rings (SSSR count). The molecule has 1 saturated heterocycles. The van der Waals surface area contributed by atoms with Gasteiger partial charge in [0.25, 0.3) is 11.8 Å². The second-order valence-electron chi connectivity index (χ2n) is 4.61. The normalized spacial score (nSPS) is 15.7. The second-order valence-corrected chi connectivity index (χ2v) is 5.02. The van der Waals surface area contributed by atoms with Crippen LogP contribution in [0.1, 0.15) is 19.3 Å². The number of benzene rings is 1. The number of phenolic OH excluding ortho intramolecular Hbond substituents is 1. The monoisotopic (exact) mass is 279 g/mol. The van der Waals surface area contributed by atoms with Crippen LogP contribution in [0.5, 0.6) is 5.75 Å². The molecular weight excluding hydrogens is 266 g/mol. The molecule has 1 fully saturated rings. The third-order valence-corrected chi connectivity index (χ3v) is 3.55. The number of piperidine rings is 1. The van der Waals surface area contributed by atoms with Gasteiger partial charge in [-0.15, -0.1) is 0 Å². The first kappa shape index (κ1) is 12.3. The summed E-state index contributed by atoms with van der Waals surface area (Å²) < 4.78 is 5.26. The lowest BCUT2D eigenvalue weighted by molar-refractivity contribution is 0.426. The van der Waals surface area contributed by atoms with Crippen molar-refractivity contribution in [3.8, 4) is 17.2 Å². The van der Waals surface area contributed by atoms with E-state index in [1.807, 2.05) is 0 Å². The van der Waals surface area contributed by atoms with Gasteiger partial charge in [-0.1, -0.05) is 11.6 Å². The Morgan fingerprint density at radius 2 is 2.00 bits per heavy atom. The average molecular weight is 280 g/mol. The Morgan fingerprint density at radius 3 is 2.74 bits per heavy atom. The summed E-state index contributed by atoms with van der Waals surface area (Å²) >= 11 is 5.87. The van der Waals surface area contributed by atoms with Crippen LogP contribution in [0.15, 0.2) is 22.7 Å². The highest BCUT2D eigenvalue weighted by atomic mass is 35.5. The molecule has 6 heteroatoms. The van der Waals surface area contributed by atoms with Gasteiger partial charge in [-0.25, -0.2) is 0 Å². The predicted molar refractivity (Wildman–Crippen MR) is 72.5 cm³/mol. The molecule has 0 bridgehead atoms. The molecule has 1 aliphatic rings. The molecule has 0 spiro atoms. The molecule has 2 heterocycles. The molecule has 0 unspecified atom stereocenters. The maximum Gasteiger partial charge on any atom is 0.266 e. The van der Waals surface area contributed by atoms with E-state index in [-0.39, 0.29) is 10.8 Å². The first-order valence-corrected chi connectivity index (χ1v) is 6.69. The van der Waals surface area contributed by atoms with Crippen molar-refractivity contribution in [2.75, 3.05) is 18.0 Å². The average Bonchev–Trinajstić information content (AvgIpc) is 2.93. The van der Waals surface area contributed by atoms with Crippen molar-refractivity contribution in [3.63, 3.8) is 0 Å². The van der Waals surface area contributed by atoms with E-state index in [2.05, 4.69) is 15.0 Å².